The number of nitrogens with zero attached hydrogens (tertiary/aromatic N) is 4. The van der Waals surface area contributed by atoms with E-state index in [1.54, 1.807) is 18.2 Å². The largest absolute Gasteiger partial charge is 0.372 e. The molecule has 0 saturated heterocycles. The summed E-state index contributed by atoms with van der Waals surface area (Å²) in [6, 6.07) is 10.4. The Balaban J connectivity index is 1.95. The summed E-state index contributed by atoms with van der Waals surface area (Å²) < 4.78 is 24.2. The molecule has 158 valence electrons. The second kappa shape index (κ2) is 8.88. The molecule has 3 aromatic rings. The van der Waals surface area contributed by atoms with E-state index in [4.69, 9.17) is 0 Å². The predicted octanol–water partition coefficient (Wildman–Crippen LogP) is 4.92. The number of hydrogen-bond donors (Lipinski definition) is 1. The second-order valence-electron chi connectivity index (χ2n) is 6.65. The van der Waals surface area contributed by atoms with Crippen LogP contribution in [0.1, 0.15) is 20.8 Å². The number of hydrogen-bond acceptors (Lipinski definition) is 8. The zero-order chi connectivity index (χ0) is 21.9. The minimum absolute atomic E-state index is 0.198. The van der Waals surface area contributed by atoms with Crippen molar-refractivity contribution < 1.29 is 13.2 Å². The third-order valence-corrected chi connectivity index (χ3v) is 6.45. The number of sulfone groups is 1. The summed E-state index contributed by atoms with van der Waals surface area (Å²) in [5, 5.41) is 11.7. The molecule has 3 rings (SSSR count). The van der Waals surface area contributed by atoms with Gasteiger partial charge in [-0.05, 0) is 50.2 Å². The van der Waals surface area contributed by atoms with E-state index >= 15 is 0 Å². The maximum Gasteiger partial charge on any atom is 0.231 e. The predicted molar refractivity (Wildman–Crippen MR) is 121 cm³/mol. The average molecular weight is 446 g/mol. The third kappa shape index (κ3) is 5.00. The van der Waals surface area contributed by atoms with Gasteiger partial charge in [0.15, 0.2) is 9.84 Å². The van der Waals surface area contributed by atoms with Gasteiger partial charge in [0, 0.05) is 32.0 Å². The summed E-state index contributed by atoms with van der Waals surface area (Å²) in [6.07, 6.45) is 1.17. The topological polar surface area (TPSA) is 104 Å². The van der Waals surface area contributed by atoms with E-state index in [1.165, 1.54) is 30.6 Å². The van der Waals surface area contributed by atoms with Crippen molar-refractivity contribution >= 4 is 59.5 Å². The molecule has 10 heteroatoms. The number of rotatable bonds is 7. The van der Waals surface area contributed by atoms with Gasteiger partial charge in [0.1, 0.15) is 5.69 Å². The van der Waals surface area contributed by atoms with E-state index in [-0.39, 0.29) is 10.8 Å². The lowest BCUT2D eigenvalue weighted by molar-refractivity contribution is -0.114. The molecular formula is C20H23N5O3S2. The number of nitrogens with one attached hydrogen (secondary N) is 1. The number of carbonyl (C=O) groups excluding carboxylic acids is 1. The Morgan fingerprint density at radius 2 is 1.87 bits per heavy atom. The molecule has 0 saturated carbocycles. The lowest BCUT2D eigenvalue weighted by Gasteiger charge is -2.22. The zero-order valence-electron chi connectivity index (χ0n) is 17.2. The number of carbonyl (C=O) groups is 1. The SMILES string of the molecule is CCN(CC)c1ccc(N=Nc2nc3ccc(S(C)(=O)=O)cc3s2)c(NC(C)=O)c1. The molecule has 0 spiro atoms. The van der Waals surface area contributed by atoms with Crippen LogP contribution < -0.4 is 10.2 Å². The maximum atomic E-state index is 11.7. The van der Waals surface area contributed by atoms with Crippen LogP contribution in [0.15, 0.2) is 51.5 Å². The van der Waals surface area contributed by atoms with Crippen molar-refractivity contribution in [2.45, 2.75) is 25.7 Å². The van der Waals surface area contributed by atoms with Crippen molar-refractivity contribution in [2.75, 3.05) is 29.6 Å². The highest BCUT2D eigenvalue weighted by Gasteiger charge is 2.12. The summed E-state index contributed by atoms with van der Waals surface area (Å²) in [7, 11) is -3.29. The number of thiazole rings is 1. The van der Waals surface area contributed by atoms with E-state index in [1.807, 2.05) is 12.1 Å². The van der Waals surface area contributed by atoms with Crippen LogP contribution in [0.4, 0.5) is 22.2 Å². The first-order valence-electron chi connectivity index (χ1n) is 9.40. The lowest BCUT2D eigenvalue weighted by Crippen LogP contribution is -2.21. The Bertz CT molecular complexity index is 1210. The van der Waals surface area contributed by atoms with Crippen molar-refractivity contribution in [1.29, 1.82) is 0 Å². The highest BCUT2D eigenvalue weighted by molar-refractivity contribution is 7.90. The number of benzene rings is 2. The quantitative estimate of drug-likeness (QED) is 0.520. The molecule has 1 heterocycles. The molecule has 0 aliphatic rings. The minimum atomic E-state index is -3.29. The Labute approximate surface area is 179 Å². The van der Waals surface area contributed by atoms with Crippen molar-refractivity contribution in [3.63, 3.8) is 0 Å². The lowest BCUT2D eigenvalue weighted by atomic mass is 10.2. The van der Waals surface area contributed by atoms with Gasteiger partial charge in [-0.25, -0.2) is 13.4 Å². The monoisotopic (exact) mass is 445 g/mol. The molecular weight excluding hydrogens is 422 g/mol. The number of amides is 1. The fraction of sp³-hybridized carbons (Fsp3) is 0.300. The van der Waals surface area contributed by atoms with Gasteiger partial charge in [-0.1, -0.05) is 11.3 Å². The first kappa shape index (κ1) is 21.8. The fourth-order valence-electron chi connectivity index (χ4n) is 2.95. The molecule has 0 bridgehead atoms. The summed E-state index contributed by atoms with van der Waals surface area (Å²) in [5.41, 5.74) is 2.71. The molecule has 8 nitrogen and oxygen atoms in total. The van der Waals surface area contributed by atoms with E-state index < -0.39 is 9.84 Å². The van der Waals surface area contributed by atoms with Crippen LogP contribution in [0.2, 0.25) is 0 Å². The van der Waals surface area contributed by atoms with Crippen molar-refractivity contribution in [1.82, 2.24) is 4.98 Å². The molecule has 0 radical (unpaired) electrons. The number of azo groups is 1. The molecule has 1 aromatic heterocycles. The van der Waals surface area contributed by atoms with Crippen LogP contribution in [0.5, 0.6) is 0 Å². The Kier molecular flexibility index (Phi) is 6.47. The van der Waals surface area contributed by atoms with E-state index in [2.05, 4.69) is 39.3 Å². The van der Waals surface area contributed by atoms with Crippen molar-refractivity contribution in [3.05, 3.63) is 36.4 Å². The van der Waals surface area contributed by atoms with Crippen molar-refractivity contribution in [3.8, 4) is 0 Å². The highest BCUT2D eigenvalue weighted by Crippen LogP contribution is 2.34. The average Bonchev–Trinajstić information content (AvgIpc) is 3.09. The van der Waals surface area contributed by atoms with E-state index in [9.17, 15) is 13.2 Å². The van der Waals surface area contributed by atoms with Crippen LogP contribution >= 0.6 is 11.3 Å². The zero-order valence-corrected chi connectivity index (χ0v) is 18.8. The molecule has 1 amide bonds. The van der Waals surface area contributed by atoms with Gasteiger partial charge in [0.25, 0.3) is 0 Å². The van der Waals surface area contributed by atoms with Crippen LogP contribution in [0.3, 0.4) is 0 Å². The van der Waals surface area contributed by atoms with Gasteiger partial charge in [-0.2, -0.15) is 0 Å². The second-order valence-corrected chi connectivity index (χ2v) is 9.68. The van der Waals surface area contributed by atoms with Gasteiger partial charge in [-0.15, -0.1) is 10.2 Å². The van der Waals surface area contributed by atoms with Gasteiger partial charge < -0.3 is 10.2 Å². The number of aromatic nitrogens is 1. The summed E-state index contributed by atoms with van der Waals surface area (Å²) >= 11 is 1.25. The minimum Gasteiger partial charge on any atom is -0.372 e. The maximum absolute atomic E-state index is 11.7. The number of anilines is 2. The normalized spacial score (nSPS) is 11.9. The molecule has 0 fully saturated rings. The summed E-state index contributed by atoms with van der Waals surface area (Å²) in [6.45, 7) is 7.27. The summed E-state index contributed by atoms with van der Waals surface area (Å²) in [5.74, 6) is -0.198. The highest BCUT2D eigenvalue weighted by atomic mass is 32.2. The standard InChI is InChI=1S/C20H23N5O3S2/c1-5-25(6-2)14-7-9-16(18(11-14)21-13(3)26)23-24-20-22-17-10-8-15(30(4,27)28)12-19(17)29-20/h7-12H,5-6H2,1-4H3,(H,21,26). The fourth-order valence-corrected chi connectivity index (χ4v) is 4.50. The smallest absolute Gasteiger partial charge is 0.231 e. The summed E-state index contributed by atoms with van der Waals surface area (Å²) in [4.78, 5) is 18.4. The van der Waals surface area contributed by atoms with Crippen LogP contribution in [-0.2, 0) is 14.6 Å². The molecule has 0 aliphatic heterocycles. The number of fused-ring (bicyclic) bond motifs is 1. The van der Waals surface area contributed by atoms with Crippen LogP contribution in [0, 0.1) is 0 Å². The molecule has 1 N–H and O–H groups in total. The van der Waals surface area contributed by atoms with Gasteiger partial charge >= 0.3 is 0 Å². The van der Waals surface area contributed by atoms with Gasteiger partial charge in [0.2, 0.25) is 11.0 Å². The third-order valence-electron chi connectivity index (χ3n) is 4.44. The first-order chi connectivity index (χ1) is 14.2. The van der Waals surface area contributed by atoms with Crippen LogP contribution in [-0.4, -0.2) is 38.7 Å². The van der Waals surface area contributed by atoms with Crippen molar-refractivity contribution in [2.24, 2.45) is 10.2 Å². The molecule has 30 heavy (non-hydrogen) atoms. The Hall–Kier alpha value is -2.85. The Morgan fingerprint density at radius 3 is 2.50 bits per heavy atom. The molecule has 2 aromatic carbocycles. The molecule has 0 aliphatic carbocycles. The van der Waals surface area contributed by atoms with E-state index in [0.717, 1.165) is 18.8 Å². The Morgan fingerprint density at radius 1 is 1.13 bits per heavy atom. The molecule has 0 atom stereocenters. The van der Waals surface area contributed by atoms with Gasteiger partial charge in [-0.3, -0.25) is 4.79 Å². The van der Waals surface area contributed by atoms with Crippen LogP contribution in [0.25, 0.3) is 10.2 Å². The van der Waals surface area contributed by atoms with E-state index in [0.29, 0.717) is 26.7 Å². The molecule has 0 unspecified atom stereocenters. The first-order valence-corrected chi connectivity index (χ1v) is 12.1. The van der Waals surface area contributed by atoms with Gasteiger partial charge in [0.05, 0.1) is 20.8 Å².